The molecule has 3 N–H and O–H groups in total. The van der Waals surface area contributed by atoms with E-state index in [9.17, 15) is 5.11 Å². The normalized spacial score (nSPS) is 20.6. The summed E-state index contributed by atoms with van der Waals surface area (Å²) in [6.45, 7) is 2.80. The summed E-state index contributed by atoms with van der Waals surface area (Å²) in [5.41, 5.74) is 0. The van der Waals surface area contributed by atoms with Gasteiger partial charge in [0.2, 0.25) is 0 Å². The second-order valence-corrected chi connectivity index (χ2v) is 7.76. The zero-order valence-electron chi connectivity index (χ0n) is 18.6. The molecule has 1 heterocycles. The van der Waals surface area contributed by atoms with E-state index < -0.39 is 12.6 Å². The molecule has 0 aliphatic carbocycles. The molecular formula is C25H39NO4S. The molecule has 3 atom stereocenters. The van der Waals surface area contributed by atoms with Crippen LogP contribution in [0.25, 0.3) is 0 Å². The maximum atomic E-state index is 9.73. The van der Waals surface area contributed by atoms with Crippen molar-refractivity contribution in [3.8, 4) is 0 Å². The fourth-order valence-corrected chi connectivity index (χ4v) is 2.93. The molecule has 0 aromatic carbocycles. The molecule has 174 valence electrons. The number of aliphatic hydroxyl groups excluding tert-OH is 2. The van der Waals surface area contributed by atoms with Crippen LogP contribution >= 0.6 is 12.0 Å². The third-order valence-electron chi connectivity index (χ3n) is 4.11. The van der Waals surface area contributed by atoms with Gasteiger partial charge in [-0.25, -0.2) is 0 Å². The van der Waals surface area contributed by atoms with Gasteiger partial charge in [0.25, 0.3) is 0 Å². The van der Waals surface area contributed by atoms with Crippen LogP contribution in [0.1, 0.15) is 51.9 Å². The summed E-state index contributed by atoms with van der Waals surface area (Å²) in [6, 6.07) is 0. The first-order valence-electron chi connectivity index (χ1n) is 11.2. The third kappa shape index (κ3) is 19.0. The van der Waals surface area contributed by atoms with Gasteiger partial charge in [-0.05, 0) is 50.6 Å². The summed E-state index contributed by atoms with van der Waals surface area (Å²) < 4.78 is 10.1. The van der Waals surface area contributed by atoms with E-state index in [-0.39, 0.29) is 6.23 Å². The zero-order chi connectivity index (χ0) is 22.4. The fraction of sp³-hybridized carbons (Fsp3) is 0.520. The van der Waals surface area contributed by atoms with E-state index in [1.54, 1.807) is 0 Å². The van der Waals surface area contributed by atoms with Gasteiger partial charge < -0.3 is 14.9 Å². The zero-order valence-corrected chi connectivity index (χ0v) is 19.5. The first kappa shape index (κ1) is 27.6. The Labute approximate surface area is 192 Å². The van der Waals surface area contributed by atoms with E-state index in [0.717, 1.165) is 38.5 Å². The van der Waals surface area contributed by atoms with E-state index in [0.29, 0.717) is 18.7 Å². The third-order valence-corrected chi connectivity index (χ3v) is 4.84. The average molecular weight is 450 g/mol. The maximum Gasteiger partial charge on any atom is 0.197 e. The predicted molar refractivity (Wildman–Crippen MR) is 131 cm³/mol. The van der Waals surface area contributed by atoms with Crippen LogP contribution in [0.4, 0.5) is 0 Å². The number of nitrogens with one attached hydrogen (secondary N) is 1. The second-order valence-electron chi connectivity index (χ2n) is 6.93. The molecule has 0 amide bonds. The Morgan fingerprint density at radius 2 is 1.29 bits per heavy atom. The fourth-order valence-electron chi connectivity index (χ4n) is 2.40. The van der Waals surface area contributed by atoms with E-state index in [1.807, 2.05) is 12.2 Å². The van der Waals surface area contributed by atoms with E-state index >= 15 is 0 Å². The maximum absolute atomic E-state index is 9.73. The Morgan fingerprint density at radius 3 is 1.74 bits per heavy atom. The Morgan fingerprint density at radius 1 is 0.839 bits per heavy atom. The number of hydrogen-bond donors (Lipinski definition) is 3. The number of ether oxygens (including phenoxy) is 1. The lowest BCUT2D eigenvalue weighted by Gasteiger charge is -2.08. The summed E-state index contributed by atoms with van der Waals surface area (Å²) in [5, 5.41) is 21.7. The van der Waals surface area contributed by atoms with Crippen LogP contribution in [0.5, 0.6) is 0 Å². The van der Waals surface area contributed by atoms with Crippen LogP contribution in [0.3, 0.4) is 0 Å². The first-order valence-corrected chi connectivity index (χ1v) is 12.1. The summed E-state index contributed by atoms with van der Waals surface area (Å²) >= 11 is 1.21. The molecule has 0 spiro atoms. The molecule has 0 bridgehead atoms. The number of rotatable bonds is 19. The summed E-state index contributed by atoms with van der Waals surface area (Å²) in [5.74, 6) is 0.674. The summed E-state index contributed by atoms with van der Waals surface area (Å²) in [4.78, 5) is 0. The van der Waals surface area contributed by atoms with Crippen LogP contribution < -0.4 is 5.32 Å². The number of aliphatic hydroxyl groups is 2. The van der Waals surface area contributed by atoms with E-state index in [4.69, 9.17) is 14.0 Å². The summed E-state index contributed by atoms with van der Waals surface area (Å²) in [6.07, 6.45) is 30.4. The predicted octanol–water partition coefficient (Wildman–Crippen LogP) is 5.32. The molecule has 0 saturated carbocycles. The SMILES string of the molecule is CCC=CCC=CCC=CCC=CCC=CCC=CCC(O)OSCCNC1OC1O. The molecule has 1 aliphatic heterocycles. The van der Waals surface area contributed by atoms with Crippen LogP contribution in [0.15, 0.2) is 72.9 Å². The van der Waals surface area contributed by atoms with Gasteiger partial charge in [-0.2, -0.15) is 0 Å². The molecule has 0 aromatic rings. The molecule has 1 fully saturated rings. The van der Waals surface area contributed by atoms with Gasteiger partial charge in [-0.15, -0.1) is 0 Å². The van der Waals surface area contributed by atoms with Crippen LogP contribution in [-0.2, 0) is 8.92 Å². The molecule has 1 aliphatic rings. The molecule has 1 saturated heterocycles. The van der Waals surface area contributed by atoms with Gasteiger partial charge in [0.15, 0.2) is 18.8 Å². The lowest BCUT2D eigenvalue weighted by molar-refractivity contribution is 0.00256. The quantitative estimate of drug-likeness (QED) is 0.0815. The van der Waals surface area contributed by atoms with Gasteiger partial charge in [0.05, 0.1) is 0 Å². The Bertz CT molecular complexity index is 598. The average Bonchev–Trinajstić information content (AvgIpc) is 3.47. The van der Waals surface area contributed by atoms with Gasteiger partial charge in [-0.3, -0.25) is 9.50 Å². The highest BCUT2D eigenvalue weighted by Crippen LogP contribution is 2.15. The molecule has 6 heteroatoms. The topological polar surface area (TPSA) is 74.2 Å². The van der Waals surface area contributed by atoms with Gasteiger partial charge in [0.1, 0.15) is 0 Å². The molecule has 1 rings (SSSR count). The van der Waals surface area contributed by atoms with Gasteiger partial charge in [0, 0.05) is 18.7 Å². The highest BCUT2D eigenvalue weighted by atomic mass is 32.2. The van der Waals surface area contributed by atoms with Crippen molar-refractivity contribution in [1.29, 1.82) is 0 Å². The Balaban J connectivity index is 1.89. The van der Waals surface area contributed by atoms with Crippen molar-refractivity contribution in [2.24, 2.45) is 0 Å². The summed E-state index contributed by atoms with van der Waals surface area (Å²) in [7, 11) is 0. The van der Waals surface area contributed by atoms with E-state index in [2.05, 4.69) is 73.0 Å². The molecule has 0 radical (unpaired) electrons. The minimum absolute atomic E-state index is 0.246. The minimum atomic E-state index is -0.808. The lowest BCUT2D eigenvalue weighted by atomic mass is 10.2. The number of allylic oxidation sites excluding steroid dienone is 11. The Hall–Kier alpha value is -1.41. The van der Waals surface area contributed by atoms with Crippen LogP contribution in [0, 0.1) is 0 Å². The standard InChI is InChI=1S/C25H39NO4S/c1-2-3-4-5-6-7-8-9-10-11-12-13-14-15-16-17-18-19-20-23(27)30-31-22-21-26-24-25(28)29-24/h3-4,6-7,9-10,12-13,15-16,18-19,23-28H,2,5,8,11,14,17,20-22H2,1H3. The van der Waals surface area contributed by atoms with Gasteiger partial charge in [-0.1, -0.05) is 79.8 Å². The van der Waals surface area contributed by atoms with Crippen molar-refractivity contribution < 1.29 is 19.1 Å². The molecule has 3 unspecified atom stereocenters. The molecule has 31 heavy (non-hydrogen) atoms. The van der Waals surface area contributed by atoms with Gasteiger partial charge >= 0.3 is 0 Å². The van der Waals surface area contributed by atoms with Crippen molar-refractivity contribution in [2.45, 2.75) is 70.7 Å². The van der Waals surface area contributed by atoms with Crippen molar-refractivity contribution in [2.75, 3.05) is 12.3 Å². The minimum Gasteiger partial charge on any atom is -0.367 e. The Kier molecular flexibility index (Phi) is 18.3. The number of epoxide rings is 1. The second kappa shape index (κ2) is 20.5. The smallest absolute Gasteiger partial charge is 0.197 e. The van der Waals surface area contributed by atoms with E-state index in [1.165, 1.54) is 12.0 Å². The van der Waals surface area contributed by atoms with Crippen molar-refractivity contribution >= 4 is 12.0 Å². The highest BCUT2D eigenvalue weighted by Gasteiger charge is 2.35. The lowest BCUT2D eigenvalue weighted by Crippen LogP contribution is -2.22. The highest BCUT2D eigenvalue weighted by molar-refractivity contribution is 7.94. The van der Waals surface area contributed by atoms with Crippen molar-refractivity contribution in [3.63, 3.8) is 0 Å². The molecule has 0 aromatic heterocycles. The molecular weight excluding hydrogens is 410 g/mol. The van der Waals surface area contributed by atoms with Crippen LogP contribution in [0.2, 0.25) is 0 Å². The van der Waals surface area contributed by atoms with Crippen LogP contribution in [-0.4, -0.2) is 41.3 Å². The van der Waals surface area contributed by atoms with Crippen molar-refractivity contribution in [1.82, 2.24) is 5.32 Å². The molecule has 5 nitrogen and oxygen atoms in total. The largest absolute Gasteiger partial charge is 0.367 e. The van der Waals surface area contributed by atoms with Crippen molar-refractivity contribution in [3.05, 3.63) is 72.9 Å². The monoisotopic (exact) mass is 449 g/mol. The first-order chi connectivity index (χ1) is 15.2. The number of hydrogen-bond acceptors (Lipinski definition) is 6.